The second-order valence-corrected chi connectivity index (χ2v) is 4.72. The summed E-state index contributed by atoms with van der Waals surface area (Å²) in [4.78, 5) is 13.7. The fraction of sp³-hybridized carbons (Fsp3) is 0.800. The predicted molar refractivity (Wildman–Crippen MR) is 64.6 cm³/mol. The van der Waals surface area contributed by atoms with Crippen molar-refractivity contribution in [3.05, 3.63) is 0 Å². The highest BCUT2D eigenvalue weighted by Gasteiger charge is 2.24. The Morgan fingerprint density at radius 2 is 2.40 bits per heavy atom. The third kappa shape index (κ3) is 4.13. The van der Waals surface area contributed by atoms with Crippen LogP contribution in [-0.2, 0) is 4.79 Å². The molecule has 1 rings (SSSR count). The fourth-order valence-corrected chi connectivity index (χ4v) is 1.96. The summed E-state index contributed by atoms with van der Waals surface area (Å²) in [7, 11) is 0. The van der Waals surface area contributed by atoms with Crippen LogP contribution in [-0.4, -0.2) is 41.5 Å². The molecule has 0 bridgehead atoms. The van der Waals surface area contributed by atoms with Crippen molar-refractivity contribution in [3.8, 4) is 0 Å². The molecule has 0 aliphatic carbocycles. The van der Waals surface area contributed by atoms with E-state index in [0.29, 0.717) is 11.0 Å². The third-order valence-electron chi connectivity index (χ3n) is 2.70. The fourth-order valence-electron chi connectivity index (χ4n) is 1.88. The highest BCUT2D eigenvalue weighted by atomic mass is 32.1. The molecule has 1 aliphatic heterocycles. The van der Waals surface area contributed by atoms with Gasteiger partial charge in [-0.05, 0) is 6.42 Å². The van der Waals surface area contributed by atoms with Gasteiger partial charge in [0.2, 0.25) is 5.91 Å². The van der Waals surface area contributed by atoms with Crippen molar-refractivity contribution in [2.24, 2.45) is 11.7 Å². The molecule has 0 saturated carbocycles. The molecule has 86 valence electrons. The van der Waals surface area contributed by atoms with Crippen LogP contribution in [0.25, 0.3) is 0 Å². The number of rotatable bonds is 4. The molecule has 0 aromatic carbocycles. The lowest BCUT2D eigenvalue weighted by Crippen LogP contribution is -2.37. The Hall–Kier alpha value is -0.680. The van der Waals surface area contributed by atoms with Crippen molar-refractivity contribution in [1.29, 1.82) is 0 Å². The van der Waals surface area contributed by atoms with E-state index < -0.39 is 0 Å². The summed E-state index contributed by atoms with van der Waals surface area (Å²) in [6.07, 6.45) is 1.02. The number of nitrogens with one attached hydrogen (secondary N) is 1. The van der Waals surface area contributed by atoms with Gasteiger partial charge in [-0.25, -0.2) is 0 Å². The minimum absolute atomic E-state index is 0.0456. The number of nitrogens with zero attached hydrogens (tertiary/aromatic N) is 1. The molecule has 15 heavy (non-hydrogen) atoms. The first-order valence-corrected chi connectivity index (χ1v) is 5.68. The van der Waals surface area contributed by atoms with E-state index >= 15 is 0 Å². The summed E-state index contributed by atoms with van der Waals surface area (Å²) in [6.45, 7) is 6.41. The molecule has 1 amide bonds. The monoisotopic (exact) mass is 229 g/mol. The predicted octanol–water partition coefficient (Wildman–Crippen LogP) is 0.119. The minimum Gasteiger partial charge on any atom is -0.393 e. The molecular weight excluding hydrogens is 210 g/mol. The number of carbonyl (C=O) groups is 1. The highest BCUT2D eigenvalue weighted by Crippen LogP contribution is 2.11. The van der Waals surface area contributed by atoms with E-state index in [1.54, 1.807) is 6.92 Å². The minimum atomic E-state index is 0.0456. The zero-order chi connectivity index (χ0) is 11.4. The van der Waals surface area contributed by atoms with Crippen LogP contribution in [0.1, 0.15) is 20.3 Å². The van der Waals surface area contributed by atoms with Gasteiger partial charge in [0.15, 0.2) is 0 Å². The first kappa shape index (κ1) is 12.4. The lowest BCUT2D eigenvalue weighted by Gasteiger charge is -2.20. The maximum Gasteiger partial charge on any atom is 0.217 e. The number of carbonyl (C=O) groups excluding carboxylic acids is 1. The van der Waals surface area contributed by atoms with Gasteiger partial charge in [0.05, 0.1) is 4.99 Å². The van der Waals surface area contributed by atoms with Gasteiger partial charge in [0.1, 0.15) is 0 Å². The number of likely N-dealkylation sites (tertiary alicyclic amines) is 1. The second-order valence-electron chi connectivity index (χ2n) is 4.25. The molecule has 2 unspecified atom stereocenters. The van der Waals surface area contributed by atoms with Crippen molar-refractivity contribution in [2.75, 3.05) is 19.6 Å². The van der Waals surface area contributed by atoms with Gasteiger partial charge in [0, 0.05) is 38.5 Å². The third-order valence-corrected chi connectivity index (χ3v) is 3.10. The Morgan fingerprint density at radius 1 is 1.73 bits per heavy atom. The van der Waals surface area contributed by atoms with Crippen LogP contribution in [0.3, 0.4) is 0 Å². The highest BCUT2D eigenvalue weighted by molar-refractivity contribution is 7.80. The molecule has 4 nitrogen and oxygen atoms in total. The van der Waals surface area contributed by atoms with Crippen LogP contribution < -0.4 is 11.1 Å². The van der Waals surface area contributed by atoms with E-state index in [4.69, 9.17) is 18.0 Å². The SMILES string of the molecule is CC(=O)NC1CCN(CC(C)C(N)=S)C1. The Morgan fingerprint density at radius 3 is 2.93 bits per heavy atom. The molecule has 0 aromatic rings. The molecule has 3 N–H and O–H groups in total. The largest absolute Gasteiger partial charge is 0.393 e. The van der Waals surface area contributed by atoms with Crippen molar-refractivity contribution < 1.29 is 4.79 Å². The Bertz CT molecular complexity index is 257. The number of hydrogen-bond acceptors (Lipinski definition) is 3. The molecule has 1 fully saturated rings. The zero-order valence-corrected chi connectivity index (χ0v) is 10.1. The normalized spacial score (nSPS) is 23.7. The summed E-state index contributed by atoms with van der Waals surface area (Å²) in [5, 5.41) is 2.93. The standard InChI is InChI=1S/C10H19N3OS/c1-7(10(11)15)5-13-4-3-9(6-13)12-8(2)14/h7,9H,3-6H2,1-2H3,(H2,11,15)(H,12,14). The first-order valence-electron chi connectivity index (χ1n) is 5.28. The van der Waals surface area contributed by atoms with Crippen LogP contribution in [0.5, 0.6) is 0 Å². The Labute approximate surface area is 96.2 Å². The molecule has 0 radical (unpaired) electrons. The molecule has 5 heteroatoms. The van der Waals surface area contributed by atoms with Gasteiger partial charge in [-0.3, -0.25) is 4.79 Å². The Kier molecular flexibility index (Phi) is 4.47. The second kappa shape index (κ2) is 5.42. The van der Waals surface area contributed by atoms with Gasteiger partial charge >= 0.3 is 0 Å². The number of hydrogen-bond donors (Lipinski definition) is 2. The smallest absolute Gasteiger partial charge is 0.217 e. The summed E-state index contributed by atoms with van der Waals surface area (Å²) >= 11 is 4.93. The average Bonchev–Trinajstić information content (AvgIpc) is 2.51. The quantitative estimate of drug-likeness (QED) is 0.672. The maximum atomic E-state index is 10.9. The molecule has 1 heterocycles. The molecule has 1 aliphatic rings. The van der Waals surface area contributed by atoms with Gasteiger partial charge < -0.3 is 16.0 Å². The number of amides is 1. The number of thiocarbonyl (C=S) groups is 1. The molecule has 2 atom stereocenters. The lowest BCUT2D eigenvalue weighted by atomic mass is 10.2. The van der Waals surface area contributed by atoms with E-state index in [1.165, 1.54) is 0 Å². The lowest BCUT2D eigenvalue weighted by molar-refractivity contribution is -0.119. The maximum absolute atomic E-state index is 10.9. The van der Waals surface area contributed by atoms with Crippen molar-refractivity contribution in [3.63, 3.8) is 0 Å². The van der Waals surface area contributed by atoms with E-state index in [9.17, 15) is 4.79 Å². The Balaban J connectivity index is 2.30. The van der Waals surface area contributed by atoms with Crippen LogP contribution >= 0.6 is 12.2 Å². The van der Waals surface area contributed by atoms with Gasteiger partial charge in [0.25, 0.3) is 0 Å². The zero-order valence-electron chi connectivity index (χ0n) is 9.32. The topological polar surface area (TPSA) is 58.4 Å². The van der Waals surface area contributed by atoms with Crippen LogP contribution in [0, 0.1) is 5.92 Å². The van der Waals surface area contributed by atoms with E-state index in [2.05, 4.69) is 10.2 Å². The van der Waals surface area contributed by atoms with Crippen molar-refractivity contribution in [2.45, 2.75) is 26.3 Å². The van der Waals surface area contributed by atoms with Crippen LogP contribution in [0.2, 0.25) is 0 Å². The molecule has 1 saturated heterocycles. The molecule has 0 aromatic heterocycles. The van der Waals surface area contributed by atoms with Crippen LogP contribution in [0.15, 0.2) is 0 Å². The van der Waals surface area contributed by atoms with Crippen LogP contribution in [0.4, 0.5) is 0 Å². The molecular formula is C10H19N3OS. The summed E-state index contributed by atoms with van der Waals surface area (Å²) in [6, 6.07) is 0.293. The van der Waals surface area contributed by atoms with E-state index in [-0.39, 0.29) is 11.8 Å². The van der Waals surface area contributed by atoms with E-state index in [1.807, 2.05) is 6.92 Å². The van der Waals surface area contributed by atoms with Crippen molar-refractivity contribution in [1.82, 2.24) is 10.2 Å². The summed E-state index contributed by atoms with van der Waals surface area (Å²) in [5.74, 6) is 0.292. The van der Waals surface area contributed by atoms with Gasteiger partial charge in [-0.2, -0.15) is 0 Å². The van der Waals surface area contributed by atoms with Crippen molar-refractivity contribution >= 4 is 23.1 Å². The van der Waals surface area contributed by atoms with Gasteiger partial charge in [-0.1, -0.05) is 19.1 Å². The summed E-state index contributed by atoms with van der Waals surface area (Å²) < 4.78 is 0. The first-order chi connectivity index (χ1) is 6.99. The molecule has 0 spiro atoms. The van der Waals surface area contributed by atoms with E-state index in [0.717, 1.165) is 26.1 Å². The average molecular weight is 229 g/mol. The van der Waals surface area contributed by atoms with Gasteiger partial charge in [-0.15, -0.1) is 0 Å². The summed E-state index contributed by atoms with van der Waals surface area (Å²) in [5.41, 5.74) is 5.56. The number of nitrogens with two attached hydrogens (primary N) is 1.